The Labute approximate surface area is 121 Å². The second kappa shape index (κ2) is 7.28. The van der Waals surface area contributed by atoms with E-state index in [0.717, 1.165) is 17.9 Å². The second-order valence-corrected chi connectivity index (χ2v) is 6.81. The summed E-state index contributed by atoms with van der Waals surface area (Å²) >= 11 is 0. The minimum atomic E-state index is -3.13. The predicted octanol–water partition coefficient (Wildman–Crippen LogP) is 1.55. The molecule has 1 aromatic carbocycles. The zero-order valence-corrected chi connectivity index (χ0v) is 13.3. The van der Waals surface area contributed by atoms with Crippen molar-refractivity contribution in [3.05, 3.63) is 29.8 Å². The summed E-state index contributed by atoms with van der Waals surface area (Å²) in [5.41, 5.74) is 1.00. The van der Waals surface area contributed by atoms with Crippen LogP contribution in [0.4, 0.5) is 0 Å². The third-order valence-corrected chi connectivity index (χ3v) is 4.16. The maximum absolute atomic E-state index is 11.4. The number of nitrogens with one attached hydrogen (secondary N) is 2. The van der Waals surface area contributed by atoms with Crippen LogP contribution in [-0.4, -0.2) is 33.7 Å². The molecule has 0 spiro atoms. The van der Waals surface area contributed by atoms with Gasteiger partial charge in [0.1, 0.15) is 0 Å². The average Bonchev–Trinajstić information content (AvgIpc) is 2.42. The second-order valence-electron chi connectivity index (χ2n) is 4.80. The standard InChI is InChI=1S/C14H23N3O2S/c1-5-11(2)17-14(15-3)16-10-12-6-8-13(9-7-12)20(4,18)19/h6-9,11H,5,10H2,1-4H3,(H2,15,16,17). The van der Waals surface area contributed by atoms with Crippen molar-refractivity contribution >= 4 is 15.8 Å². The Morgan fingerprint density at radius 2 is 1.90 bits per heavy atom. The summed E-state index contributed by atoms with van der Waals surface area (Å²) in [6.45, 7) is 4.79. The van der Waals surface area contributed by atoms with E-state index in [0.29, 0.717) is 17.5 Å². The first-order chi connectivity index (χ1) is 9.36. The predicted molar refractivity (Wildman–Crippen MR) is 82.6 cm³/mol. The molecule has 0 aliphatic rings. The SMILES string of the molecule is CCC(C)NC(=NC)NCc1ccc(S(C)(=O)=O)cc1. The van der Waals surface area contributed by atoms with Gasteiger partial charge in [0.05, 0.1) is 4.90 Å². The molecule has 20 heavy (non-hydrogen) atoms. The summed E-state index contributed by atoms with van der Waals surface area (Å²) in [6.07, 6.45) is 2.22. The lowest BCUT2D eigenvalue weighted by atomic mass is 10.2. The van der Waals surface area contributed by atoms with Crippen LogP contribution in [0.2, 0.25) is 0 Å². The molecule has 6 heteroatoms. The summed E-state index contributed by atoms with van der Waals surface area (Å²) in [7, 11) is -1.40. The molecule has 0 amide bonds. The van der Waals surface area contributed by atoms with Crippen molar-refractivity contribution in [2.24, 2.45) is 4.99 Å². The molecule has 0 aromatic heterocycles. The van der Waals surface area contributed by atoms with Crippen LogP contribution in [-0.2, 0) is 16.4 Å². The van der Waals surface area contributed by atoms with E-state index >= 15 is 0 Å². The highest BCUT2D eigenvalue weighted by atomic mass is 32.2. The van der Waals surface area contributed by atoms with Gasteiger partial charge >= 0.3 is 0 Å². The van der Waals surface area contributed by atoms with Gasteiger partial charge in [0, 0.05) is 25.9 Å². The molecular formula is C14H23N3O2S. The molecule has 1 aromatic rings. The lowest BCUT2D eigenvalue weighted by molar-refractivity contribution is 0.601. The zero-order chi connectivity index (χ0) is 15.2. The Bertz CT molecular complexity index is 550. The Morgan fingerprint density at radius 3 is 2.35 bits per heavy atom. The lowest BCUT2D eigenvalue weighted by Gasteiger charge is -2.16. The molecule has 1 unspecified atom stereocenters. The highest BCUT2D eigenvalue weighted by molar-refractivity contribution is 7.90. The molecule has 0 aliphatic heterocycles. The molecule has 0 heterocycles. The molecule has 0 radical (unpaired) electrons. The molecule has 0 saturated heterocycles. The molecule has 0 saturated carbocycles. The summed E-state index contributed by atoms with van der Waals surface area (Å²) in [4.78, 5) is 4.48. The number of benzene rings is 1. The van der Waals surface area contributed by atoms with Crippen LogP contribution in [0.15, 0.2) is 34.2 Å². The third-order valence-electron chi connectivity index (χ3n) is 3.03. The van der Waals surface area contributed by atoms with E-state index in [1.54, 1.807) is 31.3 Å². The van der Waals surface area contributed by atoms with Crippen molar-refractivity contribution in [1.82, 2.24) is 10.6 Å². The number of hydrogen-bond donors (Lipinski definition) is 2. The first kappa shape index (κ1) is 16.5. The van der Waals surface area contributed by atoms with Gasteiger partial charge in [0.15, 0.2) is 15.8 Å². The molecule has 0 fully saturated rings. The number of hydrogen-bond acceptors (Lipinski definition) is 3. The van der Waals surface area contributed by atoms with E-state index in [-0.39, 0.29) is 0 Å². The van der Waals surface area contributed by atoms with E-state index < -0.39 is 9.84 Å². The van der Waals surface area contributed by atoms with Gasteiger partial charge in [0.2, 0.25) is 0 Å². The molecule has 1 rings (SSSR count). The number of sulfone groups is 1. The van der Waals surface area contributed by atoms with Crippen molar-refractivity contribution in [2.45, 2.75) is 37.8 Å². The largest absolute Gasteiger partial charge is 0.354 e. The van der Waals surface area contributed by atoms with Gasteiger partial charge in [0.25, 0.3) is 0 Å². The van der Waals surface area contributed by atoms with Crippen LogP contribution < -0.4 is 10.6 Å². The van der Waals surface area contributed by atoms with Gasteiger partial charge in [-0.25, -0.2) is 8.42 Å². The Kier molecular flexibility index (Phi) is 6.01. The summed E-state index contributed by atoms with van der Waals surface area (Å²) in [5.74, 6) is 0.742. The Balaban J connectivity index is 2.61. The lowest BCUT2D eigenvalue weighted by Crippen LogP contribution is -2.41. The number of rotatable bonds is 5. The minimum absolute atomic E-state index is 0.336. The van der Waals surface area contributed by atoms with Crippen LogP contribution in [0.5, 0.6) is 0 Å². The van der Waals surface area contributed by atoms with Crippen LogP contribution in [0.25, 0.3) is 0 Å². The monoisotopic (exact) mass is 297 g/mol. The van der Waals surface area contributed by atoms with Crippen LogP contribution >= 0.6 is 0 Å². The fraction of sp³-hybridized carbons (Fsp3) is 0.500. The van der Waals surface area contributed by atoms with E-state index in [1.165, 1.54) is 6.26 Å². The average molecular weight is 297 g/mol. The minimum Gasteiger partial charge on any atom is -0.354 e. The fourth-order valence-corrected chi connectivity index (χ4v) is 2.20. The van der Waals surface area contributed by atoms with Crippen molar-refractivity contribution in [2.75, 3.05) is 13.3 Å². The number of aliphatic imine (C=N–C) groups is 1. The summed E-state index contributed by atoms with van der Waals surface area (Å²) < 4.78 is 22.7. The summed E-state index contributed by atoms with van der Waals surface area (Å²) in [5, 5.41) is 6.46. The quantitative estimate of drug-likeness (QED) is 0.639. The zero-order valence-electron chi connectivity index (χ0n) is 12.5. The first-order valence-electron chi connectivity index (χ1n) is 6.63. The van der Waals surface area contributed by atoms with Crippen molar-refractivity contribution < 1.29 is 8.42 Å². The fourth-order valence-electron chi connectivity index (χ4n) is 1.57. The molecule has 112 valence electrons. The number of guanidine groups is 1. The normalized spacial score (nSPS) is 13.9. The molecule has 1 atom stereocenters. The highest BCUT2D eigenvalue weighted by Gasteiger charge is 2.06. The van der Waals surface area contributed by atoms with Gasteiger partial charge in [-0.1, -0.05) is 19.1 Å². The van der Waals surface area contributed by atoms with Crippen molar-refractivity contribution in [3.63, 3.8) is 0 Å². The van der Waals surface area contributed by atoms with Crippen molar-refractivity contribution in [1.29, 1.82) is 0 Å². The number of nitrogens with zero attached hydrogens (tertiary/aromatic N) is 1. The highest BCUT2D eigenvalue weighted by Crippen LogP contribution is 2.10. The van der Waals surface area contributed by atoms with E-state index in [2.05, 4.69) is 29.5 Å². The molecule has 0 bridgehead atoms. The Morgan fingerprint density at radius 1 is 1.30 bits per heavy atom. The first-order valence-corrected chi connectivity index (χ1v) is 8.52. The summed E-state index contributed by atoms with van der Waals surface area (Å²) in [6, 6.07) is 7.21. The van der Waals surface area contributed by atoms with Gasteiger partial charge in [-0.15, -0.1) is 0 Å². The van der Waals surface area contributed by atoms with Gasteiger partial charge in [-0.3, -0.25) is 4.99 Å². The van der Waals surface area contributed by atoms with Gasteiger partial charge in [-0.05, 0) is 31.0 Å². The molecule has 2 N–H and O–H groups in total. The van der Waals surface area contributed by atoms with E-state index in [9.17, 15) is 8.42 Å². The van der Waals surface area contributed by atoms with Gasteiger partial charge < -0.3 is 10.6 Å². The Hall–Kier alpha value is -1.56. The smallest absolute Gasteiger partial charge is 0.191 e. The van der Waals surface area contributed by atoms with Crippen LogP contribution in [0.1, 0.15) is 25.8 Å². The van der Waals surface area contributed by atoms with Crippen molar-refractivity contribution in [3.8, 4) is 0 Å². The molecular weight excluding hydrogens is 274 g/mol. The molecule has 0 aliphatic carbocycles. The topological polar surface area (TPSA) is 70.6 Å². The maximum Gasteiger partial charge on any atom is 0.191 e. The van der Waals surface area contributed by atoms with E-state index in [4.69, 9.17) is 0 Å². The third kappa shape index (κ3) is 5.21. The maximum atomic E-state index is 11.4. The molecule has 5 nitrogen and oxygen atoms in total. The van der Waals surface area contributed by atoms with Crippen LogP contribution in [0, 0.1) is 0 Å². The van der Waals surface area contributed by atoms with Crippen LogP contribution in [0.3, 0.4) is 0 Å². The van der Waals surface area contributed by atoms with Gasteiger partial charge in [-0.2, -0.15) is 0 Å². The van der Waals surface area contributed by atoms with E-state index in [1.807, 2.05) is 0 Å².